The van der Waals surface area contributed by atoms with Crippen LogP contribution in [0.4, 0.5) is 0 Å². The van der Waals surface area contributed by atoms with E-state index in [1.54, 1.807) is 24.5 Å². The van der Waals surface area contributed by atoms with Gasteiger partial charge in [0, 0.05) is 16.3 Å². The maximum Gasteiger partial charge on any atom is 0.274 e. The Hall–Kier alpha value is -2.01. The molecular formula is C10H9N3O2. The van der Waals surface area contributed by atoms with Crippen LogP contribution in [-0.2, 0) is 4.84 Å². The first-order valence-electron chi connectivity index (χ1n) is 4.35. The number of nitrogens with one attached hydrogen (secondary N) is 1. The summed E-state index contributed by atoms with van der Waals surface area (Å²) in [4.78, 5) is 16.0. The first kappa shape index (κ1) is 9.54. The second-order valence-electron chi connectivity index (χ2n) is 2.97. The summed E-state index contributed by atoms with van der Waals surface area (Å²) in [7, 11) is 1.39. The Morgan fingerprint density at radius 1 is 1.27 bits per heavy atom. The van der Waals surface area contributed by atoms with Crippen LogP contribution in [0, 0.1) is 0 Å². The fourth-order valence-corrected chi connectivity index (χ4v) is 1.29. The van der Waals surface area contributed by atoms with Gasteiger partial charge in [-0.05, 0) is 12.1 Å². The number of carbonyl (C=O) groups is 1. The monoisotopic (exact) mass is 203 g/mol. The maximum absolute atomic E-state index is 11.4. The van der Waals surface area contributed by atoms with E-state index in [9.17, 15) is 4.79 Å². The summed E-state index contributed by atoms with van der Waals surface area (Å²) < 4.78 is 0. The Bertz CT molecular complexity index is 499. The van der Waals surface area contributed by atoms with Crippen LogP contribution in [0.15, 0.2) is 30.6 Å². The number of amides is 1. The summed E-state index contributed by atoms with van der Waals surface area (Å²) in [5.74, 6) is -0.281. The Labute approximate surface area is 86.0 Å². The van der Waals surface area contributed by atoms with Crippen LogP contribution >= 0.6 is 0 Å². The van der Waals surface area contributed by atoms with Crippen molar-refractivity contribution in [2.45, 2.75) is 0 Å². The molecule has 2 aromatic rings. The Morgan fingerprint density at radius 3 is 2.73 bits per heavy atom. The van der Waals surface area contributed by atoms with Crippen LogP contribution in [0.5, 0.6) is 0 Å². The molecule has 1 aromatic carbocycles. The SMILES string of the molecule is CONC(=O)c1ccc2cnncc2c1. The van der Waals surface area contributed by atoms with E-state index >= 15 is 0 Å². The highest BCUT2D eigenvalue weighted by atomic mass is 16.6. The number of nitrogens with zero attached hydrogens (tertiary/aromatic N) is 2. The molecule has 2 rings (SSSR count). The van der Waals surface area contributed by atoms with Crippen LogP contribution in [0.3, 0.4) is 0 Å². The zero-order valence-corrected chi connectivity index (χ0v) is 8.10. The number of fused-ring (bicyclic) bond motifs is 1. The van der Waals surface area contributed by atoms with E-state index in [1.165, 1.54) is 7.11 Å². The predicted octanol–water partition coefficient (Wildman–Crippen LogP) is 0.921. The number of hydroxylamine groups is 1. The molecule has 0 bridgehead atoms. The highest BCUT2D eigenvalue weighted by Crippen LogP contribution is 2.13. The second kappa shape index (κ2) is 4.02. The van der Waals surface area contributed by atoms with E-state index in [4.69, 9.17) is 0 Å². The van der Waals surface area contributed by atoms with Gasteiger partial charge in [0.15, 0.2) is 0 Å². The van der Waals surface area contributed by atoms with Crippen molar-refractivity contribution in [3.8, 4) is 0 Å². The average molecular weight is 203 g/mol. The fourth-order valence-electron chi connectivity index (χ4n) is 1.29. The normalized spacial score (nSPS) is 10.2. The van der Waals surface area contributed by atoms with Crippen LogP contribution < -0.4 is 5.48 Å². The Balaban J connectivity index is 2.42. The minimum Gasteiger partial charge on any atom is -0.277 e. The van der Waals surface area contributed by atoms with Gasteiger partial charge in [0.25, 0.3) is 5.91 Å². The fraction of sp³-hybridized carbons (Fsp3) is 0.100. The molecule has 0 aliphatic heterocycles. The Morgan fingerprint density at radius 2 is 2.00 bits per heavy atom. The molecule has 0 aliphatic carbocycles. The molecule has 76 valence electrons. The molecule has 0 fully saturated rings. The lowest BCUT2D eigenvalue weighted by Crippen LogP contribution is -2.21. The quantitative estimate of drug-likeness (QED) is 0.737. The van der Waals surface area contributed by atoms with Crippen molar-refractivity contribution in [1.29, 1.82) is 0 Å². The highest BCUT2D eigenvalue weighted by Gasteiger charge is 2.05. The number of hydrogen-bond donors (Lipinski definition) is 1. The van der Waals surface area contributed by atoms with Crippen molar-refractivity contribution in [3.63, 3.8) is 0 Å². The summed E-state index contributed by atoms with van der Waals surface area (Å²) in [6, 6.07) is 5.26. The molecule has 0 saturated heterocycles. The van der Waals surface area contributed by atoms with Gasteiger partial charge in [0.1, 0.15) is 0 Å². The predicted molar refractivity (Wildman–Crippen MR) is 54.0 cm³/mol. The lowest BCUT2D eigenvalue weighted by molar-refractivity contribution is 0.0538. The minimum atomic E-state index is -0.281. The van der Waals surface area contributed by atoms with Crippen LogP contribution in [0.1, 0.15) is 10.4 Å². The largest absolute Gasteiger partial charge is 0.277 e. The second-order valence-corrected chi connectivity index (χ2v) is 2.97. The van der Waals surface area contributed by atoms with Gasteiger partial charge in [-0.2, -0.15) is 10.2 Å². The third-order valence-electron chi connectivity index (χ3n) is 2.00. The molecule has 1 aromatic heterocycles. The maximum atomic E-state index is 11.4. The topological polar surface area (TPSA) is 64.1 Å². The molecule has 1 heterocycles. The molecule has 0 atom stereocenters. The van der Waals surface area contributed by atoms with Crippen molar-refractivity contribution in [2.24, 2.45) is 0 Å². The number of carbonyl (C=O) groups excluding carboxylic acids is 1. The van der Waals surface area contributed by atoms with Gasteiger partial charge in [-0.3, -0.25) is 9.63 Å². The third kappa shape index (κ3) is 1.92. The summed E-state index contributed by atoms with van der Waals surface area (Å²) >= 11 is 0. The number of hydrogen-bond acceptors (Lipinski definition) is 4. The van der Waals surface area contributed by atoms with Gasteiger partial charge < -0.3 is 0 Å². The van der Waals surface area contributed by atoms with Gasteiger partial charge >= 0.3 is 0 Å². The van der Waals surface area contributed by atoms with Crippen molar-refractivity contribution >= 4 is 16.7 Å². The molecule has 0 radical (unpaired) electrons. The van der Waals surface area contributed by atoms with Crippen LogP contribution in [0.2, 0.25) is 0 Å². The molecule has 15 heavy (non-hydrogen) atoms. The van der Waals surface area contributed by atoms with E-state index in [0.29, 0.717) is 5.56 Å². The van der Waals surface area contributed by atoms with Crippen LogP contribution in [-0.4, -0.2) is 23.2 Å². The van der Waals surface area contributed by atoms with Crippen LogP contribution in [0.25, 0.3) is 10.8 Å². The van der Waals surface area contributed by atoms with Crippen molar-refractivity contribution < 1.29 is 9.63 Å². The molecule has 0 unspecified atom stereocenters. The zero-order valence-electron chi connectivity index (χ0n) is 8.10. The van der Waals surface area contributed by atoms with E-state index in [0.717, 1.165) is 10.8 Å². The lowest BCUT2D eigenvalue weighted by atomic mass is 10.1. The van der Waals surface area contributed by atoms with Gasteiger partial charge in [-0.15, -0.1) is 0 Å². The molecule has 5 heteroatoms. The lowest BCUT2D eigenvalue weighted by Gasteiger charge is -2.02. The van der Waals surface area contributed by atoms with E-state index in [2.05, 4.69) is 20.5 Å². The highest BCUT2D eigenvalue weighted by molar-refractivity contribution is 5.97. The zero-order chi connectivity index (χ0) is 10.7. The summed E-state index contributed by atoms with van der Waals surface area (Å²) in [6.07, 6.45) is 3.26. The van der Waals surface area contributed by atoms with Crippen molar-refractivity contribution in [3.05, 3.63) is 36.2 Å². The number of aromatic nitrogens is 2. The molecule has 1 amide bonds. The van der Waals surface area contributed by atoms with Crippen molar-refractivity contribution in [2.75, 3.05) is 7.11 Å². The Kier molecular flexibility index (Phi) is 2.55. The van der Waals surface area contributed by atoms with E-state index < -0.39 is 0 Å². The average Bonchev–Trinajstić information content (AvgIpc) is 2.29. The first-order chi connectivity index (χ1) is 7.31. The standard InChI is InChI=1S/C10H9N3O2/c1-15-13-10(14)7-2-3-8-5-11-12-6-9(8)4-7/h2-6H,1H3,(H,13,14). The number of benzene rings is 1. The van der Waals surface area contributed by atoms with E-state index in [1.807, 2.05) is 6.07 Å². The molecule has 0 saturated carbocycles. The molecule has 1 N–H and O–H groups in total. The van der Waals surface area contributed by atoms with Gasteiger partial charge in [0.2, 0.25) is 0 Å². The third-order valence-corrected chi connectivity index (χ3v) is 2.00. The molecule has 5 nitrogen and oxygen atoms in total. The first-order valence-corrected chi connectivity index (χ1v) is 4.35. The smallest absolute Gasteiger partial charge is 0.274 e. The summed E-state index contributed by atoms with van der Waals surface area (Å²) in [6.45, 7) is 0. The van der Waals surface area contributed by atoms with Crippen molar-refractivity contribution in [1.82, 2.24) is 15.7 Å². The van der Waals surface area contributed by atoms with Gasteiger partial charge in [-0.1, -0.05) is 6.07 Å². The molecular weight excluding hydrogens is 194 g/mol. The summed E-state index contributed by atoms with van der Waals surface area (Å²) in [5.41, 5.74) is 2.78. The minimum absolute atomic E-state index is 0.281. The van der Waals surface area contributed by atoms with E-state index in [-0.39, 0.29) is 5.91 Å². The summed E-state index contributed by atoms with van der Waals surface area (Å²) in [5, 5.41) is 9.31. The molecule has 0 aliphatic rings. The van der Waals surface area contributed by atoms with Gasteiger partial charge in [0.05, 0.1) is 19.5 Å². The number of rotatable bonds is 2. The molecule has 0 spiro atoms. The van der Waals surface area contributed by atoms with Gasteiger partial charge in [-0.25, -0.2) is 5.48 Å².